The number of aromatic nitrogens is 1. The van der Waals surface area contributed by atoms with Gasteiger partial charge in [-0.2, -0.15) is 0 Å². The van der Waals surface area contributed by atoms with Crippen molar-refractivity contribution < 1.29 is 8.95 Å². The van der Waals surface area contributed by atoms with E-state index in [1.807, 2.05) is 69.3 Å². The van der Waals surface area contributed by atoms with Gasteiger partial charge in [0.05, 0.1) is 17.5 Å². The van der Waals surface area contributed by atoms with E-state index in [9.17, 15) is 4.21 Å². The second-order valence-electron chi connectivity index (χ2n) is 7.40. The van der Waals surface area contributed by atoms with Crippen molar-refractivity contribution >= 4 is 27.7 Å². The Kier molecular flexibility index (Phi) is 5.55. The number of para-hydroxylation sites is 1. The predicted octanol–water partition coefficient (Wildman–Crippen LogP) is 5.97. The van der Waals surface area contributed by atoms with E-state index < -0.39 is 11.0 Å². The van der Waals surface area contributed by atoms with Crippen molar-refractivity contribution in [1.82, 2.24) is 4.98 Å². The first kappa shape index (κ1) is 20.1. The number of ether oxygens (including phenoxy) is 1. The molecule has 5 heteroatoms. The third kappa shape index (κ3) is 3.94. The molecule has 0 saturated carbocycles. The Morgan fingerprint density at radius 3 is 2.37 bits per heavy atom. The standard InChI is InChI=1S/C25H24N2O2S/c1-16-13-17(2)25(18(3)14-16)30(28)27-24-12-10-20-15-19(9-11-22(20)26-24)21-7-5-6-8-23(21)29-4/h5-15H,1-4H3,(H,26,27). The van der Waals surface area contributed by atoms with Crippen LogP contribution in [0.3, 0.4) is 0 Å². The maximum Gasteiger partial charge on any atom is 0.152 e. The molecular weight excluding hydrogens is 392 g/mol. The van der Waals surface area contributed by atoms with Gasteiger partial charge in [0, 0.05) is 10.9 Å². The second kappa shape index (κ2) is 8.28. The van der Waals surface area contributed by atoms with E-state index in [-0.39, 0.29) is 0 Å². The lowest BCUT2D eigenvalue weighted by molar-refractivity contribution is 0.416. The van der Waals surface area contributed by atoms with Gasteiger partial charge in [-0.05, 0) is 67.8 Å². The minimum absolute atomic E-state index is 0.588. The molecule has 0 saturated heterocycles. The summed E-state index contributed by atoms with van der Waals surface area (Å²) < 4.78 is 21.5. The Balaban J connectivity index is 1.64. The van der Waals surface area contributed by atoms with Crippen molar-refractivity contribution in [3.05, 3.63) is 83.4 Å². The van der Waals surface area contributed by atoms with Gasteiger partial charge in [-0.1, -0.05) is 42.0 Å². The number of methoxy groups -OCH3 is 1. The number of benzene rings is 3. The summed E-state index contributed by atoms with van der Waals surface area (Å²) in [5.74, 6) is 1.42. The summed E-state index contributed by atoms with van der Waals surface area (Å²) in [5, 5.41) is 1.01. The van der Waals surface area contributed by atoms with Crippen LogP contribution in [-0.4, -0.2) is 16.3 Å². The number of hydrogen-bond donors (Lipinski definition) is 1. The molecule has 1 heterocycles. The lowest BCUT2D eigenvalue weighted by Crippen LogP contribution is -2.09. The highest BCUT2D eigenvalue weighted by molar-refractivity contribution is 7.86. The van der Waals surface area contributed by atoms with Gasteiger partial charge in [0.25, 0.3) is 0 Å². The fourth-order valence-corrected chi connectivity index (χ4v) is 4.95. The molecule has 4 aromatic rings. The van der Waals surface area contributed by atoms with E-state index in [2.05, 4.69) is 27.9 Å². The van der Waals surface area contributed by atoms with Crippen molar-refractivity contribution in [2.75, 3.05) is 11.8 Å². The number of anilines is 1. The predicted molar refractivity (Wildman–Crippen MR) is 124 cm³/mol. The van der Waals surface area contributed by atoms with Crippen LogP contribution in [-0.2, 0) is 11.0 Å². The smallest absolute Gasteiger partial charge is 0.152 e. The molecule has 1 atom stereocenters. The minimum Gasteiger partial charge on any atom is -0.496 e. The zero-order valence-electron chi connectivity index (χ0n) is 17.5. The van der Waals surface area contributed by atoms with Gasteiger partial charge in [-0.3, -0.25) is 4.72 Å². The molecule has 0 fully saturated rings. The quantitative estimate of drug-likeness (QED) is 0.436. The molecule has 30 heavy (non-hydrogen) atoms. The van der Waals surface area contributed by atoms with Crippen LogP contribution in [0, 0.1) is 20.8 Å². The monoisotopic (exact) mass is 416 g/mol. The van der Waals surface area contributed by atoms with E-state index in [1.165, 1.54) is 5.56 Å². The fraction of sp³-hybridized carbons (Fsp3) is 0.160. The summed E-state index contributed by atoms with van der Waals surface area (Å²) >= 11 is 0. The lowest BCUT2D eigenvalue weighted by atomic mass is 10.0. The molecule has 4 nitrogen and oxygen atoms in total. The first-order chi connectivity index (χ1) is 14.5. The molecule has 0 bridgehead atoms. The number of fused-ring (bicyclic) bond motifs is 1. The van der Waals surface area contributed by atoms with Gasteiger partial charge in [0.2, 0.25) is 0 Å². The van der Waals surface area contributed by atoms with Gasteiger partial charge in [0.15, 0.2) is 11.0 Å². The van der Waals surface area contributed by atoms with Crippen LogP contribution in [0.15, 0.2) is 71.6 Å². The van der Waals surface area contributed by atoms with Gasteiger partial charge in [0.1, 0.15) is 11.6 Å². The van der Waals surface area contributed by atoms with E-state index in [4.69, 9.17) is 4.74 Å². The van der Waals surface area contributed by atoms with Crippen LogP contribution < -0.4 is 9.46 Å². The van der Waals surface area contributed by atoms with E-state index in [0.29, 0.717) is 5.82 Å². The van der Waals surface area contributed by atoms with Gasteiger partial charge in [-0.25, -0.2) is 9.19 Å². The largest absolute Gasteiger partial charge is 0.496 e. The summed E-state index contributed by atoms with van der Waals surface area (Å²) in [4.78, 5) is 5.47. The van der Waals surface area contributed by atoms with E-state index in [1.54, 1.807) is 7.11 Å². The SMILES string of the molecule is COc1ccccc1-c1ccc2nc(NS(=O)c3c(C)cc(C)cc3C)ccc2c1. The molecule has 0 amide bonds. The summed E-state index contributed by atoms with van der Waals surface area (Å²) in [6.45, 7) is 6.02. The van der Waals surface area contributed by atoms with Crippen molar-refractivity contribution in [1.29, 1.82) is 0 Å². The van der Waals surface area contributed by atoms with E-state index >= 15 is 0 Å². The normalized spacial score (nSPS) is 12.0. The van der Waals surface area contributed by atoms with Crippen LogP contribution in [0.5, 0.6) is 5.75 Å². The maximum atomic E-state index is 13.0. The zero-order chi connectivity index (χ0) is 21.3. The highest BCUT2D eigenvalue weighted by Gasteiger charge is 2.13. The number of rotatable bonds is 5. The van der Waals surface area contributed by atoms with Crippen LogP contribution >= 0.6 is 0 Å². The minimum atomic E-state index is -1.38. The topological polar surface area (TPSA) is 51.2 Å². The molecule has 0 aliphatic heterocycles. The Bertz CT molecular complexity index is 1240. The first-order valence-electron chi connectivity index (χ1n) is 9.77. The highest BCUT2D eigenvalue weighted by Crippen LogP contribution is 2.32. The fourth-order valence-electron chi connectivity index (χ4n) is 3.84. The zero-order valence-corrected chi connectivity index (χ0v) is 18.3. The molecule has 0 spiro atoms. The molecule has 1 aromatic heterocycles. The average Bonchev–Trinajstić information content (AvgIpc) is 2.72. The van der Waals surface area contributed by atoms with Gasteiger partial charge in [-0.15, -0.1) is 0 Å². The maximum absolute atomic E-state index is 13.0. The van der Waals surface area contributed by atoms with Crippen LogP contribution in [0.4, 0.5) is 5.82 Å². The van der Waals surface area contributed by atoms with Crippen molar-refractivity contribution in [3.8, 4) is 16.9 Å². The highest BCUT2D eigenvalue weighted by atomic mass is 32.2. The van der Waals surface area contributed by atoms with Crippen molar-refractivity contribution in [3.63, 3.8) is 0 Å². The van der Waals surface area contributed by atoms with Crippen molar-refractivity contribution in [2.45, 2.75) is 25.7 Å². The molecule has 0 radical (unpaired) electrons. The van der Waals surface area contributed by atoms with Crippen LogP contribution in [0.25, 0.3) is 22.0 Å². The Labute approximate surface area is 179 Å². The van der Waals surface area contributed by atoms with Gasteiger partial charge >= 0.3 is 0 Å². The van der Waals surface area contributed by atoms with Crippen LogP contribution in [0.1, 0.15) is 16.7 Å². The summed E-state index contributed by atoms with van der Waals surface area (Å²) in [5.41, 5.74) is 6.14. The summed E-state index contributed by atoms with van der Waals surface area (Å²) in [6, 6.07) is 22.0. The summed E-state index contributed by atoms with van der Waals surface area (Å²) in [7, 11) is 0.301. The third-order valence-electron chi connectivity index (χ3n) is 5.09. The number of pyridine rings is 1. The average molecular weight is 417 g/mol. The Hall–Kier alpha value is -3.18. The Morgan fingerprint density at radius 1 is 0.900 bits per heavy atom. The number of aryl methyl sites for hydroxylation is 3. The third-order valence-corrected chi connectivity index (χ3v) is 6.50. The molecular formula is C25H24N2O2S. The molecule has 3 aromatic carbocycles. The first-order valence-corrected chi connectivity index (χ1v) is 10.9. The second-order valence-corrected chi connectivity index (χ2v) is 8.55. The molecule has 0 aliphatic rings. The van der Waals surface area contributed by atoms with E-state index in [0.717, 1.165) is 43.8 Å². The lowest BCUT2D eigenvalue weighted by Gasteiger charge is -2.13. The number of nitrogens with one attached hydrogen (secondary N) is 1. The van der Waals surface area contributed by atoms with Gasteiger partial charge < -0.3 is 4.74 Å². The molecule has 0 aliphatic carbocycles. The molecule has 1 unspecified atom stereocenters. The molecule has 152 valence electrons. The molecule has 4 rings (SSSR count). The van der Waals surface area contributed by atoms with Crippen LogP contribution in [0.2, 0.25) is 0 Å². The summed E-state index contributed by atoms with van der Waals surface area (Å²) in [6.07, 6.45) is 0. The number of hydrogen-bond acceptors (Lipinski definition) is 3. The molecule has 1 N–H and O–H groups in total. The van der Waals surface area contributed by atoms with Crippen molar-refractivity contribution in [2.24, 2.45) is 0 Å². The Morgan fingerprint density at radius 2 is 1.63 bits per heavy atom. The number of nitrogens with zero attached hydrogens (tertiary/aromatic N) is 1.